The van der Waals surface area contributed by atoms with Crippen LogP contribution in [-0.4, -0.2) is 37.6 Å². The van der Waals surface area contributed by atoms with Crippen molar-refractivity contribution in [2.24, 2.45) is 0 Å². The summed E-state index contributed by atoms with van der Waals surface area (Å²) >= 11 is 0. The molecule has 3 rings (SSSR count). The molecule has 5 nitrogen and oxygen atoms in total. The van der Waals surface area contributed by atoms with Crippen LogP contribution in [0.25, 0.3) is 6.08 Å². The Morgan fingerprint density at radius 2 is 1.86 bits per heavy atom. The van der Waals surface area contributed by atoms with E-state index >= 15 is 0 Å². The first-order valence-electron chi connectivity index (χ1n) is 9.72. The van der Waals surface area contributed by atoms with Gasteiger partial charge in [-0.05, 0) is 68.2 Å². The highest BCUT2D eigenvalue weighted by atomic mass is 16.5. The highest BCUT2D eigenvalue weighted by Crippen LogP contribution is 2.28. The van der Waals surface area contributed by atoms with Crippen molar-refractivity contribution in [2.45, 2.75) is 26.3 Å². The molecule has 0 aliphatic carbocycles. The monoisotopic (exact) mass is 380 g/mol. The Balaban J connectivity index is 1.51. The van der Waals surface area contributed by atoms with Gasteiger partial charge in [0, 0.05) is 12.2 Å². The average molecular weight is 380 g/mol. The zero-order valence-corrected chi connectivity index (χ0v) is 16.6. The standard InChI is InChI=1S/C23H28N2O3/c1-3-6-18-9-12-21(22(15-18)27-2)28-17-23(26)24-20-10-7-19(8-11-20)16-25-13-4-5-14-25/h3,6-12,15H,4-5,13-14,16-17H2,1-2H3,(H,24,26)/b6-3+. The maximum atomic E-state index is 12.2. The molecule has 1 heterocycles. The normalized spacial score (nSPS) is 14.4. The van der Waals surface area contributed by atoms with Crippen LogP contribution in [0.5, 0.6) is 11.5 Å². The summed E-state index contributed by atoms with van der Waals surface area (Å²) in [7, 11) is 1.59. The molecule has 0 atom stereocenters. The number of amides is 1. The molecule has 0 unspecified atom stereocenters. The van der Waals surface area contributed by atoms with E-state index in [0.29, 0.717) is 11.5 Å². The molecule has 5 heteroatoms. The molecule has 2 aromatic rings. The van der Waals surface area contributed by atoms with Crippen molar-refractivity contribution in [1.29, 1.82) is 0 Å². The molecule has 1 amide bonds. The van der Waals surface area contributed by atoms with E-state index in [1.54, 1.807) is 7.11 Å². The lowest BCUT2D eigenvalue weighted by Gasteiger charge is -2.15. The number of hydrogen-bond acceptors (Lipinski definition) is 4. The Labute approximate surface area is 167 Å². The summed E-state index contributed by atoms with van der Waals surface area (Å²) in [5, 5.41) is 2.87. The first-order valence-corrected chi connectivity index (χ1v) is 9.72. The Morgan fingerprint density at radius 3 is 2.54 bits per heavy atom. The van der Waals surface area contributed by atoms with Gasteiger partial charge in [-0.25, -0.2) is 0 Å². The van der Waals surface area contributed by atoms with E-state index in [1.807, 2.05) is 49.4 Å². The number of anilines is 1. The Kier molecular flexibility index (Phi) is 7.09. The highest BCUT2D eigenvalue weighted by molar-refractivity contribution is 5.91. The van der Waals surface area contributed by atoms with Gasteiger partial charge in [-0.15, -0.1) is 0 Å². The zero-order valence-electron chi connectivity index (χ0n) is 16.6. The van der Waals surface area contributed by atoms with Crippen LogP contribution in [0, 0.1) is 0 Å². The number of carbonyl (C=O) groups is 1. The fourth-order valence-electron chi connectivity index (χ4n) is 3.33. The maximum Gasteiger partial charge on any atom is 0.262 e. The number of ether oxygens (including phenoxy) is 2. The molecule has 28 heavy (non-hydrogen) atoms. The van der Waals surface area contributed by atoms with Crippen LogP contribution < -0.4 is 14.8 Å². The van der Waals surface area contributed by atoms with Crippen LogP contribution in [0.3, 0.4) is 0 Å². The number of nitrogens with zero attached hydrogens (tertiary/aromatic N) is 1. The third-order valence-electron chi connectivity index (χ3n) is 4.75. The molecule has 1 aliphatic heterocycles. The summed E-state index contributed by atoms with van der Waals surface area (Å²) in [5.74, 6) is 0.952. The number of methoxy groups -OCH3 is 1. The number of likely N-dealkylation sites (tertiary alicyclic amines) is 1. The van der Waals surface area contributed by atoms with Crippen molar-refractivity contribution in [3.63, 3.8) is 0 Å². The van der Waals surface area contributed by atoms with E-state index < -0.39 is 0 Å². The van der Waals surface area contributed by atoms with Gasteiger partial charge in [-0.1, -0.05) is 30.4 Å². The third-order valence-corrected chi connectivity index (χ3v) is 4.75. The third kappa shape index (κ3) is 5.60. The molecule has 0 bridgehead atoms. The topological polar surface area (TPSA) is 50.8 Å². The molecule has 1 N–H and O–H groups in total. The number of allylic oxidation sites excluding steroid dienone is 1. The van der Waals surface area contributed by atoms with Crippen molar-refractivity contribution >= 4 is 17.7 Å². The van der Waals surface area contributed by atoms with Gasteiger partial charge in [0.15, 0.2) is 18.1 Å². The smallest absolute Gasteiger partial charge is 0.262 e. The Hall–Kier alpha value is -2.79. The van der Waals surface area contributed by atoms with Gasteiger partial charge >= 0.3 is 0 Å². The predicted octanol–water partition coefficient (Wildman–Crippen LogP) is 4.34. The lowest BCUT2D eigenvalue weighted by atomic mass is 10.2. The van der Waals surface area contributed by atoms with Crippen LogP contribution in [0.4, 0.5) is 5.69 Å². The van der Waals surface area contributed by atoms with Crippen LogP contribution in [0.15, 0.2) is 48.5 Å². The first kappa shape index (κ1) is 20.0. The van der Waals surface area contributed by atoms with E-state index in [-0.39, 0.29) is 12.5 Å². The minimum absolute atomic E-state index is 0.0746. The molecule has 148 valence electrons. The predicted molar refractivity (Wildman–Crippen MR) is 113 cm³/mol. The molecule has 1 aliphatic rings. The summed E-state index contributed by atoms with van der Waals surface area (Å²) in [6.07, 6.45) is 6.51. The van der Waals surface area contributed by atoms with Gasteiger partial charge in [0.05, 0.1) is 7.11 Å². The molecule has 1 fully saturated rings. The quantitative estimate of drug-likeness (QED) is 0.740. The second kappa shape index (κ2) is 9.95. The number of hydrogen-bond donors (Lipinski definition) is 1. The van der Waals surface area contributed by atoms with Crippen molar-refractivity contribution in [2.75, 3.05) is 32.1 Å². The van der Waals surface area contributed by atoms with Gasteiger partial charge < -0.3 is 14.8 Å². The zero-order chi connectivity index (χ0) is 19.8. The van der Waals surface area contributed by atoms with Crippen molar-refractivity contribution in [1.82, 2.24) is 4.90 Å². The van der Waals surface area contributed by atoms with E-state index in [9.17, 15) is 4.79 Å². The summed E-state index contributed by atoms with van der Waals surface area (Å²) in [5.41, 5.74) is 3.06. The molecule has 0 aromatic heterocycles. The lowest BCUT2D eigenvalue weighted by molar-refractivity contribution is -0.118. The second-order valence-corrected chi connectivity index (χ2v) is 6.93. The molecule has 1 saturated heterocycles. The second-order valence-electron chi connectivity index (χ2n) is 6.93. The molecule has 0 radical (unpaired) electrons. The minimum atomic E-state index is -0.202. The fraction of sp³-hybridized carbons (Fsp3) is 0.348. The van der Waals surface area contributed by atoms with Gasteiger partial charge in [0.2, 0.25) is 0 Å². The number of benzene rings is 2. The summed E-state index contributed by atoms with van der Waals surface area (Å²) in [4.78, 5) is 14.7. The SMILES string of the molecule is C/C=C/c1ccc(OCC(=O)Nc2ccc(CN3CCCC3)cc2)c(OC)c1. The van der Waals surface area contributed by atoms with E-state index in [2.05, 4.69) is 22.3 Å². The van der Waals surface area contributed by atoms with Crippen LogP contribution >= 0.6 is 0 Å². The largest absolute Gasteiger partial charge is 0.493 e. The van der Waals surface area contributed by atoms with Gasteiger partial charge in [0.25, 0.3) is 5.91 Å². The number of nitrogens with one attached hydrogen (secondary N) is 1. The molecule has 0 spiro atoms. The minimum Gasteiger partial charge on any atom is -0.493 e. The fourth-order valence-corrected chi connectivity index (χ4v) is 3.33. The van der Waals surface area contributed by atoms with Crippen LogP contribution in [-0.2, 0) is 11.3 Å². The summed E-state index contributed by atoms with van der Waals surface area (Å²) in [6, 6.07) is 13.6. The van der Waals surface area contributed by atoms with Crippen LogP contribution in [0.2, 0.25) is 0 Å². The van der Waals surface area contributed by atoms with Crippen molar-refractivity contribution in [3.8, 4) is 11.5 Å². The van der Waals surface area contributed by atoms with E-state index in [1.165, 1.54) is 31.5 Å². The lowest BCUT2D eigenvalue weighted by Crippen LogP contribution is -2.20. The van der Waals surface area contributed by atoms with Crippen molar-refractivity contribution < 1.29 is 14.3 Å². The Bertz CT molecular complexity index is 809. The van der Waals surface area contributed by atoms with Gasteiger partial charge in [0.1, 0.15) is 0 Å². The van der Waals surface area contributed by atoms with Gasteiger partial charge in [-0.3, -0.25) is 9.69 Å². The van der Waals surface area contributed by atoms with Crippen molar-refractivity contribution in [3.05, 3.63) is 59.7 Å². The van der Waals surface area contributed by atoms with Gasteiger partial charge in [-0.2, -0.15) is 0 Å². The van der Waals surface area contributed by atoms with E-state index in [0.717, 1.165) is 17.8 Å². The molecular weight excluding hydrogens is 352 g/mol. The molecule has 0 saturated carbocycles. The Morgan fingerprint density at radius 1 is 1.11 bits per heavy atom. The number of carbonyl (C=O) groups excluding carboxylic acids is 1. The maximum absolute atomic E-state index is 12.2. The average Bonchev–Trinajstić information content (AvgIpc) is 3.21. The number of rotatable bonds is 8. The van der Waals surface area contributed by atoms with E-state index in [4.69, 9.17) is 9.47 Å². The highest BCUT2D eigenvalue weighted by Gasteiger charge is 2.12. The molecular formula is C23H28N2O3. The first-order chi connectivity index (χ1) is 13.7. The van der Waals surface area contributed by atoms with Crippen LogP contribution in [0.1, 0.15) is 30.9 Å². The summed E-state index contributed by atoms with van der Waals surface area (Å²) < 4.78 is 11.0. The molecule has 2 aromatic carbocycles. The summed E-state index contributed by atoms with van der Waals surface area (Å²) in [6.45, 7) is 5.21.